The van der Waals surface area contributed by atoms with Crippen LogP contribution in [0.15, 0.2) is 60.7 Å². The molecule has 0 saturated heterocycles. The molecule has 0 saturated carbocycles. The molecule has 5 heteroatoms. The number of ether oxygens (including phenoxy) is 2. The zero-order valence-electron chi connectivity index (χ0n) is 16.6. The number of fused-ring (bicyclic) bond motifs is 1. The molecule has 3 rings (SSSR count). The van der Waals surface area contributed by atoms with Crippen molar-refractivity contribution in [3.05, 3.63) is 71.8 Å². The summed E-state index contributed by atoms with van der Waals surface area (Å²) in [6.07, 6.45) is 0.724. The van der Waals surface area contributed by atoms with Gasteiger partial charge in [-0.3, -0.25) is 0 Å². The third-order valence-corrected chi connectivity index (χ3v) is 4.74. The van der Waals surface area contributed by atoms with Crippen molar-refractivity contribution in [2.24, 2.45) is 0 Å². The first-order valence-corrected chi connectivity index (χ1v) is 9.28. The third kappa shape index (κ3) is 4.74. The number of carbonyl (C=O) groups is 1. The minimum absolute atomic E-state index is 0.0928. The molecule has 0 aromatic heterocycles. The van der Waals surface area contributed by atoms with Crippen LogP contribution in [0.2, 0.25) is 0 Å². The summed E-state index contributed by atoms with van der Waals surface area (Å²) in [6, 6.07) is 19.9. The first kappa shape index (κ1) is 19.5. The number of urea groups is 1. The van der Waals surface area contributed by atoms with Gasteiger partial charge in [0, 0.05) is 20.1 Å². The summed E-state index contributed by atoms with van der Waals surface area (Å²) in [7, 11) is 5.12. The van der Waals surface area contributed by atoms with E-state index in [4.69, 9.17) is 9.47 Å². The van der Waals surface area contributed by atoms with Gasteiger partial charge in [-0.2, -0.15) is 0 Å². The van der Waals surface area contributed by atoms with Crippen LogP contribution >= 0.6 is 0 Å². The number of nitrogens with zero attached hydrogens (tertiary/aromatic N) is 1. The molecule has 0 aliphatic carbocycles. The van der Waals surface area contributed by atoms with Crippen LogP contribution in [-0.4, -0.2) is 38.7 Å². The van der Waals surface area contributed by atoms with Crippen LogP contribution in [0.4, 0.5) is 4.79 Å². The number of benzene rings is 3. The molecule has 146 valence electrons. The maximum Gasteiger partial charge on any atom is 0.317 e. The Bertz CT molecular complexity index is 955. The zero-order valence-corrected chi connectivity index (χ0v) is 16.6. The number of para-hydroxylation sites is 1. The summed E-state index contributed by atoms with van der Waals surface area (Å²) in [5.74, 6) is 1.68. The Balaban J connectivity index is 1.55. The molecule has 0 radical (unpaired) electrons. The van der Waals surface area contributed by atoms with Gasteiger partial charge in [0.05, 0.1) is 14.2 Å². The van der Waals surface area contributed by atoms with E-state index in [0.29, 0.717) is 13.1 Å². The first-order chi connectivity index (χ1) is 13.6. The average molecular weight is 378 g/mol. The van der Waals surface area contributed by atoms with Crippen LogP contribution in [0.5, 0.6) is 11.5 Å². The molecule has 0 fully saturated rings. The Morgan fingerprint density at radius 1 is 0.964 bits per heavy atom. The van der Waals surface area contributed by atoms with Crippen molar-refractivity contribution in [1.29, 1.82) is 0 Å². The van der Waals surface area contributed by atoms with E-state index in [-0.39, 0.29) is 6.03 Å². The number of hydrogen-bond donors (Lipinski definition) is 1. The minimum atomic E-state index is -0.0928. The molecule has 0 aliphatic heterocycles. The summed E-state index contributed by atoms with van der Waals surface area (Å²) in [4.78, 5) is 14.1. The molecule has 0 unspecified atom stereocenters. The second kappa shape index (κ2) is 9.13. The predicted molar refractivity (Wildman–Crippen MR) is 112 cm³/mol. The monoisotopic (exact) mass is 378 g/mol. The number of hydrogen-bond acceptors (Lipinski definition) is 3. The lowest BCUT2D eigenvalue weighted by molar-refractivity contribution is 0.207. The van der Waals surface area contributed by atoms with Crippen molar-refractivity contribution in [3.8, 4) is 11.5 Å². The van der Waals surface area contributed by atoms with E-state index in [1.807, 2.05) is 48.5 Å². The van der Waals surface area contributed by atoms with Gasteiger partial charge in [-0.1, -0.05) is 36.4 Å². The molecule has 0 atom stereocenters. The Labute approximate surface area is 165 Å². The SMILES string of the molecule is COc1ccc2cc(CN(C)C(=O)NCCc3ccccc3OC)ccc2c1. The van der Waals surface area contributed by atoms with E-state index in [9.17, 15) is 4.79 Å². The summed E-state index contributed by atoms with van der Waals surface area (Å²) < 4.78 is 10.6. The normalized spacial score (nSPS) is 10.5. The molecule has 3 aromatic rings. The molecule has 0 aliphatic rings. The lowest BCUT2D eigenvalue weighted by Gasteiger charge is -2.19. The molecular formula is C23H26N2O3. The van der Waals surface area contributed by atoms with Crippen molar-refractivity contribution in [1.82, 2.24) is 10.2 Å². The highest BCUT2D eigenvalue weighted by atomic mass is 16.5. The van der Waals surface area contributed by atoms with Gasteiger partial charge in [0.25, 0.3) is 0 Å². The van der Waals surface area contributed by atoms with Crippen molar-refractivity contribution >= 4 is 16.8 Å². The molecule has 0 heterocycles. The van der Waals surface area contributed by atoms with E-state index in [2.05, 4.69) is 17.4 Å². The molecule has 3 aromatic carbocycles. The fourth-order valence-electron chi connectivity index (χ4n) is 3.19. The van der Waals surface area contributed by atoms with E-state index >= 15 is 0 Å². The fraction of sp³-hybridized carbons (Fsp3) is 0.261. The van der Waals surface area contributed by atoms with Gasteiger partial charge in [0.1, 0.15) is 11.5 Å². The predicted octanol–water partition coefficient (Wildman–Crippen LogP) is 4.24. The van der Waals surface area contributed by atoms with Crippen molar-refractivity contribution < 1.29 is 14.3 Å². The molecule has 0 bridgehead atoms. The fourth-order valence-corrected chi connectivity index (χ4v) is 3.19. The Kier molecular flexibility index (Phi) is 6.37. The lowest BCUT2D eigenvalue weighted by Crippen LogP contribution is -2.37. The second-order valence-corrected chi connectivity index (χ2v) is 6.70. The second-order valence-electron chi connectivity index (χ2n) is 6.70. The smallest absolute Gasteiger partial charge is 0.317 e. The van der Waals surface area contributed by atoms with E-state index in [1.165, 1.54) is 0 Å². The molecule has 1 N–H and O–H groups in total. The Morgan fingerprint density at radius 3 is 2.50 bits per heavy atom. The van der Waals surface area contributed by atoms with Gasteiger partial charge in [-0.05, 0) is 52.6 Å². The van der Waals surface area contributed by atoms with Crippen LogP contribution in [0.1, 0.15) is 11.1 Å². The molecule has 2 amide bonds. The largest absolute Gasteiger partial charge is 0.497 e. The standard InChI is InChI=1S/C23H26N2O3/c1-25(23(26)24-13-12-18-6-4-5-7-22(18)28-3)16-17-8-9-20-15-21(27-2)11-10-19(20)14-17/h4-11,14-15H,12-13,16H2,1-3H3,(H,24,26). The Morgan fingerprint density at radius 2 is 1.71 bits per heavy atom. The summed E-state index contributed by atoms with van der Waals surface area (Å²) >= 11 is 0. The summed E-state index contributed by atoms with van der Waals surface area (Å²) in [5, 5.41) is 5.22. The van der Waals surface area contributed by atoms with Crippen molar-refractivity contribution in [2.75, 3.05) is 27.8 Å². The number of carbonyl (C=O) groups excluding carboxylic acids is 1. The topological polar surface area (TPSA) is 50.8 Å². The zero-order chi connectivity index (χ0) is 19.9. The molecule has 28 heavy (non-hydrogen) atoms. The molecule has 5 nitrogen and oxygen atoms in total. The van der Waals surface area contributed by atoms with Gasteiger partial charge in [0.15, 0.2) is 0 Å². The first-order valence-electron chi connectivity index (χ1n) is 9.28. The number of rotatable bonds is 7. The van der Waals surface area contributed by atoms with E-state index < -0.39 is 0 Å². The third-order valence-electron chi connectivity index (χ3n) is 4.74. The van der Waals surface area contributed by atoms with Gasteiger partial charge in [0.2, 0.25) is 0 Å². The Hall–Kier alpha value is -3.21. The summed E-state index contributed by atoms with van der Waals surface area (Å²) in [5.41, 5.74) is 2.16. The number of methoxy groups -OCH3 is 2. The van der Waals surface area contributed by atoms with Gasteiger partial charge < -0.3 is 19.7 Å². The molecular weight excluding hydrogens is 352 g/mol. The minimum Gasteiger partial charge on any atom is -0.497 e. The van der Waals surface area contributed by atoms with Crippen LogP contribution < -0.4 is 14.8 Å². The maximum absolute atomic E-state index is 12.4. The van der Waals surface area contributed by atoms with Crippen molar-refractivity contribution in [3.63, 3.8) is 0 Å². The highest BCUT2D eigenvalue weighted by Gasteiger charge is 2.10. The van der Waals surface area contributed by atoms with Crippen molar-refractivity contribution in [2.45, 2.75) is 13.0 Å². The van der Waals surface area contributed by atoms with Crippen LogP contribution in [0.25, 0.3) is 10.8 Å². The van der Waals surface area contributed by atoms with E-state index in [1.54, 1.807) is 26.2 Å². The summed E-state index contributed by atoms with van der Waals surface area (Å²) in [6.45, 7) is 1.10. The van der Waals surface area contributed by atoms with Crippen LogP contribution in [0, 0.1) is 0 Å². The van der Waals surface area contributed by atoms with Gasteiger partial charge in [-0.15, -0.1) is 0 Å². The van der Waals surface area contributed by atoms with Crippen LogP contribution in [0.3, 0.4) is 0 Å². The highest BCUT2D eigenvalue weighted by Crippen LogP contribution is 2.22. The lowest BCUT2D eigenvalue weighted by atomic mass is 10.1. The number of nitrogens with one attached hydrogen (secondary N) is 1. The number of amides is 2. The van der Waals surface area contributed by atoms with Crippen LogP contribution in [-0.2, 0) is 13.0 Å². The quantitative estimate of drug-likeness (QED) is 0.669. The average Bonchev–Trinajstić information content (AvgIpc) is 2.73. The van der Waals surface area contributed by atoms with Gasteiger partial charge >= 0.3 is 6.03 Å². The van der Waals surface area contributed by atoms with E-state index in [0.717, 1.165) is 39.8 Å². The van der Waals surface area contributed by atoms with Gasteiger partial charge in [-0.25, -0.2) is 4.79 Å². The maximum atomic E-state index is 12.4. The molecule has 0 spiro atoms. The highest BCUT2D eigenvalue weighted by molar-refractivity contribution is 5.84.